The lowest BCUT2D eigenvalue weighted by Gasteiger charge is -2.07. The van der Waals surface area contributed by atoms with Crippen molar-refractivity contribution in [2.24, 2.45) is 0 Å². The Morgan fingerprint density at radius 3 is 2.53 bits per heavy atom. The van der Waals surface area contributed by atoms with Gasteiger partial charge in [0.15, 0.2) is 0 Å². The standard InChI is InChI=1S/C12H6Cl2F2N2O/c13-6-1-2-7(8(14)5-6)12(19)17-9-3-4-10(15)18-11(9)16/h1-5H,(H,17,19). The third-order valence-electron chi connectivity index (χ3n) is 2.24. The molecular formula is C12H6Cl2F2N2O. The van der Waals surface area contributed by atoms with E-state index in [2.05, 4.69) is 10.3 Å². The van der Waals surface area contributed by atoms with E-state index in [1.54, 1.807) is 0 Å². The minimum absolute atomic E-state index is 0.120. The summed E-state index contributed by atoms with van der Waals surface area (Å²) in [5.41, 5.74) is -0.118. The number of halogens is 4. The number of nitrogens with one attached hydrogen (secondary N) is 1. The molecule has 0 atom stereocenters. The minimum atomic E-state index is -1.11. The fourth-order valence-electron chi connectivity index (χ4n) is 1.37. The third-order valence-corrected chi connectivity index (χ3v) is 2.79. The second-order valence-electron chi connectivity index (χ2n) is 3.55. The molecule has 7 heteroatoms. The van der Waals surface area contributed by atoms with Crippen LogP contribution in [0.2, 0.25) is 10.0 Å². The molecule has 0 aliphatic heterocycles. The van der Waals surface area contributed by atoms with Crippen LogP contribution in [0.4, 0.5) is 14.5 Å². The third kappa shape index (κ3) is 3.19. The lowest BCUT2D eigenvalue weighted by atomic mass is 10.2. The van der Waals surface area contributed by atoms with Crippen LogP contribution in [0.15, 0.2) is 30.3 Å². The molecule has 98 valence electrons. The van der Waals surface area contributed by atoms with Gasteiger partial charge in [0.1, 0.15) is 0 Å². The van der Waals surface area contributed by atoms with Crippen LogP contribution in [0.1, 0.15) is 10.4 Å². The van der Waals surface area contributed by atoms with Gasteiger partial charge in [-0.05, 0) is 30.3 Å². The predicted octanol–water partition coefficient (Wildman–Crippen LogP) is 3.92. The maximum atomic E-state index is 13.3. The largest absolute Gasteiger partial charge is 0.318 e. The van der Waals surface area contributed by atoms with Crippen molar-refractivity contribution in [1.29, 1.82) is 0 Å². The molecule has 0 spiro atoms. The fraction of sp³-hybridized carbons (Fsp3) is 0. The molecule has 0 unspecified atom stereocenters. The number of benzene rings is 1. The Labute approximate surface area is 117 Å². The minimum Gasteiger partial charge on any atom is -0.318 e. The molecule has 2 rings (SSSR count). The summed E-state index contributed by atoms with van der Waals surface area (Å²) in [6, 6.07) is 6.26. The van der Waals surface area contributed by atoms with Crippen molar-refractivity contribution in [2.75, 3.05) is 5.32 Å². The number of carbonyl (C=O) groups excluding carboxylic acids is 1. The number of pyridine rings is 1. The van der Waals surface area contributed by atoms with Crippen molar-refractivity contribution in [2.45, 2.75) is 0 Å². The molecule has 3 nitrogen and oxygen atoms in total. The molecule has 1 aromatic carbocycles. The second-order valence-corrected chi connectivity index (χ2v) is 4.39. The van der Waals surface area contributed by atoms with Crippen LogP contribution in [-0.2, 0) is 0 Å². The van der Waals surface area contributed by atoms with Crippen LogP contribution < -0.4 is 5.32 Å². The first-order chi connectivity index (χ1) is 8.97. The number of aromatic nitrogens is 1. The van der Waals surface area contributed by atoms with Gasteiger partial charge in [0.25, 0.3) is 5.91 Å². The number of anilines is 1. The number of amides is 1. The van der Waals surface area contributed by atoms with E-state index in [1.807, 2.05) is 0 Å². The van der Waals surface area contributed by atoms with Crippen molar-refractivity contribution < 1.29 is 13.6 Å². The summed E-state index contributed by atoms with van der Waals surface area (Å²) >= 11 is 11.5. The molecule has 0 saturated carbocycles. The Kier molecular flexibility index (Phi) is 3.97. The van der Waals surface area contributed by atoms with E-state index >= 15 is 0 Å². The van der Waals surface area contributed by atoms with Gasteiger partial charge in [-0.2, -0.15) is 13.8 Å². The van der Waals surface area contributed by atoms with E-state index in [-0.39, 0.29) is 16.3 Å². The number of rotatable bonds is 2. The monoisotopic (exact) mass is 302 g/mol. The van der Waals surface area contributed by atoms with Crippen LogP contribution in [0.5, 0.6) is 0 Å². The molecule has 0 aliphatic rings. The molecule has 0 aliphatic carbocycles. The Morgan fingerprint density at radius 2 is 1.89 bits per heavy atom. The SMILES string of the molecule is O=C(Nc1ccc(F)nc1F)c1ccc(Cl)cc1Cl. The molecule has 19 heavy (non-hydrogen) atoms. The zero-order valence-electron chi connectivity index (χ0n) is 9.25. The molecule has 1 N–H and O–H groups in total. The van der Waals surface area contributed by atoms with Crippen LogP contribution in [0.3, 0.4) is 0 Å². The normalized spacial score (nSPS) is 10.3. The van der Waals surface area contributed by atoms with Crippen LogP contribution >= 0.6 is 23.2 Å². The summed E-state index contributed by atoms with van der Waals surface area (Å²) < 4.78 is 25.9. The molecule has 0 fully saturated rings. The molecule has 0 saturated heterocycles. The van der Waals surface area contributed by atoms with Gasteiger partial charge in [0.2, 0.25) is 11.9 Å². The summed E-state index contributed by atoms with van der Waals surface area (Å²) in [6.45, 7) is 0. The van der Waals surface area contributed by atoms with Crippen LogP contribution in [0.25, 0.3) is 0 Å². The van der Waals surface area contributed by atoms with Gasteiger partial charge in [-0.1, -0.05) is 23.2 Å². The van der Waals surface area contributed by atoms with Gasteiger partial charge in [-0.15, -0.1) is 0 Å². The summed E-state index contributed by atoms with van der Waals surface area (Å²) in [7, 11) is 0. The average molecular weight is 303 g/mol. The molecule has 0 bridgehead atoms. The number of nitrogens with zero attached hydrogens (tertiary/aromatic N) is 1. The van der Waals surface area contributed by atoms with Gasteiger partial charge in [-0.3, -0.25) is 4.79 Å². The highest BCUT2D eigenvalue weighted by atomic mass is 35.5. The molecule has 1 amide bonds. The van der Waals surface area contributed by atoms with Crippen molar-refractivity contribution in [3.63, 3.8) is 0 Å². The molecule has 2 aromatic rings. The maximum Gasteiger partial charge on any atom is 0.257 e. The van der Waals surface area contributed by atoms with Gasteiger partial charge in [0.05, 0.1) is 16.3 Å². The molecule has 0 radical (unpaired) electrons. The average Bonchev–Trinajstić information content (AvgIpc) is 2.32. The number of hydrogen-bond acceptors (Lipinski definition) is 2. The fourth-order valence-corrected chi connectivity index (χ4v) is 1.86. The van der Waals surface area contributed by atoms with Crippen molar-refractivity contribution in [3.8, 4) is 0 Å². The zero-order valence-corrected chi connectivity index (χ0v) is 10.8. The van der Waals surface area contributed by atoms with E-state index in [1.165, 1.54) is 18.2 Å². The first kappa shape index (κ1) is 13.7. The smallest absolute Gasteiger partial charge is 0.257 e. The summed E-state index contributed by atoms with van der Waals surface area (Å²) in [5.74, 6) is -2.73. The Hall–Kier alpha value is -1.72. The van der Waals surface area contributed by atoms with Crippen molar-refractivity contribution in [1.82, 2.24) is 4.98 Å². The van der Waals surface area contributed by atoms with Crippen molar-refractivity contribution in [3.05, 3.63) is 57.8 Å². The van der Waals surface area contributed by atoms with Crippen molar-refractivity contribution >= 4 is 34.8 Å². The highest BCUT2D eigenvalue weighted by molar-refractivity contribution is 6.37. The van der Waals surface area contributed by atoms with E-state index < -0.39 is 17.8 Å². The second kappa shape index (κ2) is 5.50. The first-order valence-corrected chi connectivity index (χ1v) is 5.81. The Balaban J connectivity index is 2.25. The molecular weight excluding hydrogens is 297 g/mol. The van der Waals surface area contributed by atoms with Gasteiger partial charge >= 0.3 is 0 Å². The predicted molar refractivity (Wildman–Crippen MR) is 68.6 cm³/mol. The number of carbonyl (C=O) groups is 1. The molecule has 1 aromatic heterocycles. The summed E-state index contributed by atoms with van der Waals surface area (Å²) in [6.07, 6.45) is 0. The Bertz CT molecular complexity index is 650. The van der Waals surface area contributed by atoms with Crippen LogP contribution in [-0.4, -0.2) is 10.9 Å². The van der Waals surface area contributed by atoms with E-state index in [9.17, 15) is 13.6 Å². The van der Waals surface area contributed by atoms with Gasteiger partial charge < -0.3 is 5.32 Å². The van der Waals surface area contributed by atoms with Gasteiger partial charge in [0, 0.05) is 5.02 Å². The summed E-state index contributed by atoms with van der Waals surface area (Å²) in [4.78, 5) is 14.8. The maximum absolute atomic E-state index is 13.3. The zero-order chi connectivity index (χ0) is 14.0. The highest BCUT2D eigenvalue weighted by Crippen LogP contribution is 2.22. The highest BCUT2D eigenvalue weighted by Gasteiger charge is 2.14. The summed E-state index contributed by atoms with van der Waals surface area (Å²) in [5, 5.41) is 2.74. The topological polar surface area (TPSA) is 42.0 Å². The van der Waals surface area contributed by atoms with E-state index in [0.717, 1.165) is 12.1 Å². The number of hydrogen-bond donors (Lipinski definition) is 1. The first-order valence-electron chi connectivity index (χ1n) is 5.06. The van der Waals surface area contributed by atoms with E-state index in [0.29, 0.717) is 5.02 Å². The Morgan fingerprint density at radius 1 is 1.16 bits per heavy atom. The van der Waals surface area contributed by atoms with Crippen LogP contribution in [0, 0.1) is 11.9 Å². The molecule has 1 heterocycles. The van der Waals surface area contributed by atoms with E-state index in [4.69, 9.17) is 23.2 Å². The quantitative estimate of drug-likeness (QED) is 0.854. The lowest BCUT2D eigenvalue weighted by Crippen LogP contribution is -2.14. The van der Waals surface area contributed by atoms with Gasteiger partial charge in [-0.25, -0.2) is 0 Å². The lowest BCUT2D eigenvalue weighted by molar-refractivity contribution is 0.102.